The fraction of sp³-hybridized carbons (Fsp3) is 0. The number of hydrogen-bond acceptors (Lipinski definition) is 6. The second-order valence-corrected chi connectivity index (χ2v) is 14.1. The lowest BCUT2D eigenvalue weighted by atomic mass is 9.96. The van der Waals surface area contributed by atoms with E-state index >= 15 is 0 Å². The fourth-order valence-electron chi connectivity index (χ4n) is 7.60. The molecule has 0 aliphatic heterocycles. The lowest BCUT2D eigenvalue weighted by Gasteiger charge is -2.09. The molecule has 5 nitrogen and oxygen atoms in total. The minimum atomic E-state index is -0.00301. The first-order valence-corrected chi connectivity index (χ1v) is 18.0. The first-order valence-electron chi connectivity index (χ1n) is 17.1. The summed E-state index contributed by atoms with van der Waals surface area (Å²) < 4.78 is 8.86. The Labute approximate surface area is 301 Å². The van der Waals surface area contributed by atoms with Gasteiger partial charge in [0.1, 0.15) is 11.2 Å². The molecule has 11 rings (SSSR count). The van der Waals surface area contributed by atoms with Gasteiger partial charge in [0.2, 0.25) is 0 Å². The molecule has 1 aliphatic rings. The van der Waals surface area contributed by atoms with E-state index in [2.05, 4.69) is 54.6 Å². The Hall–Kier alpha value is -6.76. The summed E-state index contributed by atoms with van der Waals surface area (Å²) in [4.78, 5) is 29.0. The van der Waals surface area contributed by atoms with Crippen LogP contribution in [0.3, 0.4) is 0 Å². The van der Waals surface area contributed by atoms with Crippen LogP contribution in [0.2, 0.25) is 0 Å². The highest BCUT2D eigenvalue weighted by atomic mass is 32.1. The van der Waals surface area contributed by atoms with Gasteiger partial charge in [-0.05, 0) is 47.0 Å². The number of carbonyl (C=O) groups excluding carboxylic acids is 1. The van der Waals surface area contributed by atoms with Gasteiger partial charge in [0.25, 0.3) is 0 Å². The maximum atomic E-state index is 14.3. The van der Waals surface area contributed by atoms with Gasteiger partial charge in [-0.2, -0.15) is 0 Å². The van der Waals surface area contributed by atoms with Crippen molar-refractivity contribution in [2.45, 2.75) is 0 Å². The Morgan fingerprint density at radius 1 is 0.442 bits per heavy atom. The number of hydrogen-bond donors (Lipinski definition) is 0. The maximum absolute atomic E-state index is 14.3. The van der Waals surface area contributed by atoms with Crippen molar-refractivity contribution in [1.29, 1.82) is 0 Å². The van der Waals surface area contributed by atoms with Crippen LogP contribution in [-0.2, 0) is 0 Å². The van der Waals surface area contributed by atoms with E-state index < -0.39 is 0 Å². The summed E-state index contributed by atoms with van der Waals surface area (Å²) in [5, 5.41) is 4.45. The third kappa shape index (κ3) is 4.35. The van der Waals surface area contributed by atoms with E-state index in [0.29, 0.717) is 28.6 Å². The number of thiophene rings is 1. The van der Waals surface area contributed by atoms with Gasteiger partial charge in [0.05, 0.1) is 0 Å². The van der Waals surface area contributed by atoms with Crippen LogP contribution in [0.4, 0.5) is 0 Å². The average molecular weight is 684 g/mol. The summed E-state index contributed by atoms with van der Waals surface area (Å²) in [6, 6.07) is 51.0. The smallest absolute Gasteiger partial charge is 0.194 e. The van der Waals surface area contributed by atoms with E-state index in [1.165, 1.54) is 10.1 Å². The molecule has 52 heavy (non-hydrogen) atoms. The molecule has 3 heterocycles. The molecule has 3 aromatic heterocycles. The van der Waals surface area contributed by atoms with Crippen LogP contribution in [0.5, 0.6) is 0 Å². The van der Waals surface area contributed by atoms with Crippen LogP contribution >= 0.6 is 11.3 Å². The number of para-hydroxylation sites is 1. The van der Waals surface area contributed by atoms with Crippen LogP contribution in [0.15, 0.2) is 156 Å². The third-order valence-electron chi connectivity index (χ3n) is 10.1. The van der Waals surface area contributed by atoms with Crippen molar-refractivity contribution >= 4 is 59.2 Å². The van der Waals surface area contributed by atoms with Crippen molar-refractivity contribution in [2.24, 2.45) is 0 Å². The lowest BCUT2D eigenvalue weighted by molar-refractivity contribution is 0.104. The van der Waals surface area contributed by atoms with Crippen molar-refractivity contribution in [3.63, 3.8) is 0 Å². The van der Waals surface area contributed by atoms with Gasteiger partial charge in [0, 0.05) is 64.3 Å². The summed E-state index contributed by atoms with van der Waals surface area (Å²) in [6.45, 7) is 0. The summed E-state index contributed by atoms with van der Waals surface area (Å²) >= 11 is 1.76. The normalized spacial score (nSPS) is 12.3. The van der Waals surface area contributed by atoms with Crippen LogP contribution in [0.1, 0.15) is 15.9 Å². The van der Waals surface area contributed by atoms with Gasteiger partial charge < -0.3 is 4.42 Å². The number of rotatable bonds is 4. The third-order valence-corrected chi connectivity index (χ3v) is 11.3. The average Bonchev–Trinajstić information content (AvgIpc) is 3.87. The predicted octanol–water partition coefficient (Wildman–Crippen LogP) is 12.0. The SMILES string of the molecule is O=C1c2cc(-c3nc(-c4ccccc4)nc(-c4ccccc4)n3)ccc2-c2ccc(-c3cc4c5ccccc5oc4c4c3sc3ccccc34)cc21. The molecular weight excluding hydrogens is 659 g/mol. The highest BCUT2D eigenvalue weighted by Gasteiger charge is 2.29. The molecule has 6 heteroatoms. The van der Waals surface area contributed by atoms with Crippen molar-refractivity contribution in [3.8, 4) is 56.4 Å². The first-order chi connectivity index (χ1) is 25.7. The van der Waals surface area contributed by atoms with Crippen molar-refractivity contribution in [2.75, 3.05) is 0 Å². The van der Waals surface area contributed by atoms with E-state index in [1.54, 1.807) is 11.3 Å². The van der Waals surface area contributed by atoms with Gasteiger partial charge >= 0.3 is 0 Å². The van der Waals surface area contributed by atoms with E-state index in [9.17, 15) is 4.79 Å². The molecule has 0 saturated heterocycles. The zero-order valence-corrected chi connectivity index (χ0v) is 28.3. The molecular formula is C46H25N3O2S. The van der Waals surface area contributed by atoms with Crippen molar-refractivity contribution in [1.82, 2.24) is 15.0 Å². The maximum Gasteiger partial charge on any atom is 0.194 e. The Morgan fingerprint density at radius 3 is 1.69 bits per heavy atom. The number of furan rings is 1. The number of nitrogens with zero attached hydrogens (tertiary/aromatic N) is 3. The second kappa shape index (κ2) is 11.1. The summed E-state index contributed by atoms with van der Waals surface area (Å²) in [7, 11) is 0. The molecule has 242 valence electrons. The van der Waals surface area contributed by atoms with Gasteiger partial charge in [0.15, 0.2) is 23.3 Å². The molecule has 1 aliphatic carbocycles. The summed E-state index contributed by atoms with van der Waals surface area (Å²) in [5.41, 5.74) is 9.62. The summed E-state index contributed by atoms with van der Waals surface area (Å²) in [5.74, 6) is 1.68. The largest absolute Gasteiger partial charge is 0.455 e. The second-order valence-electron chi connectivity index (χ2n) is 13.1. The van der Waals surface area contributed by atoms with Crippen LogP contribution in [0, 0.1) is 0 Å². The number of benzene rings is 7. The molecule has 0 fully saturated rings. The van der Waals surface area contributed by atoms with E-state index in [1.807, 2.05) is 97.1 Å². The lowest BCUT2D eigenvalue weighted by Crippen LogP contribution is -2.01. The molecule has 7 aromatic carbocycles. The molecule has 10 aromatic rings. The number of fused-ring (bicyclic) bond motifs is 10. The van der Waals surface area contributed by atoms with Crippen molar-refractivity contribution < 1.29 is 9.21 Å². The van der Waals surface area contributed by atoms with Gasteiger partial charge in [-0.25, -0.2) is 15.0 Å². The summed E-state index contributed by atoms with van der Waals surface area (Å²) in [6.07, 6.45) is 0. The number of ketones is 1. The molecule has 0 radical (unpaired) electrons. The molecule has 0 spiro atoms. The van der Waals surface area contributed by atoms with Crippen LogP contribution in [0.25, 0.3) is 98.5 Å². The minimum Gasteiger partial charge on any atom is -0.455 e. The fourth-order valence-corrected chi connectivity index (χ4v) is 8.84. The molecule has 0 amide bonds. The highest BCUT2D eigenvalue weighted by Crippen LogP contribution is 2.48. The molecule has 0 bridgehead atoms. The Kier molecular flexibility index (Phi) is 6.21. The van der Waals surface area contributed by atoms with Crippen LogP contribution < -0.4 is 0 Å². The monoisotopic (exact) mass is 683 g/mol. The molecule has 0 saturated carbocycles. The molecule has 0 N–H and O–H groups in total. The number of aromatic nitrogens is 3. The highest BCUT2D eigenvalue weighted by molar-refractivity contribution is 7.26. The van der Waals surface area contributed by atoms with E-state index in [4.69, 9.17) is 19.4 Å². The Bertz CT molecular complexity index is 3030. The van der Waals surface area contributed by atoms with Gasteiger partial charge in [-0.15, -0.1) is 11.3 Å². The zero-order chi connectivity index (χ0) is 34.3. The standard InChI is InChI=1S/C46H25N3O2S/c50-41-35-23-28(34-25-37-32-15-7-9-17-38(32)51-42(37)40-33-16-8-10-18-39(33)52-43(34)40)19-21-30(35)31-22-20-29(24-36(31)41)46-48-44(26-11-3-1-4-12-26)47-45(49-46)27-13-5-2-6-14-27/h1-25H. The van der Waals surface area contributed by atoms with Gasteiger partial charge in [-0.1, -0.05) is 121 Å². The first kappa shape index (κ1) is 29.0. The Balaban J connectivity index is 1.05. The topological polar surface area (TPSA) is 68.9 Å². The number of carbonyl (C=O) groups is 1. The predicted molar refractivity (Wildman–Crippen MR) is 211 cm³/mol. The van der Waals surface area contributed by atoms with Crippen molar-refractivity contribution in [3.05, 3.63) is 163 Å². The van der Waals surface area contributed by atoms with Crippen LogP contribution in [-0.4, -0.2) is 20.7 Å². The molecule has 0 unspecified atom stereocenters. The van der Waals surface area contributed by atoms with E-state index in [-0.39, 0.29) is 5.78 Å². The van der Waals surface area contributed by atoms with E-state index in [0.717, 1.165) is 71.0 Å². The quantitative estimate of drug-likeness (QED) is 0.185. The van der Waals surface area contributed by atoms with Gasteiger partial charge in [-0.3, -0.25) is 4.79 Å². The minimum absolute atomic E-state index is 0.00301. The molecule has 0 atom stereocenters. The Morgan fingerprint density at radius 2 is 1.00 bits per heavy atom. The zero-order valence-electron chi connectivity index (χ0n) is 27.5.